The lowest BCUT2D eigenvalue weighted by Crippen LogP contribution is -2.50. The van der Waals surface area contributed by atoms with Crippen LogP contribution in [0.4, 0.5) is 5.69 Å². The van der Waals surface area contributed by atoms with E-state index in [0.29, 0.717) is 5.92 Å². The molecule has 0 amide bonds. The third-order valence-corrected chi connectivity index (χ3v) is 3.88. The van der Waals surface area contributed by atoms with Gasteiger partial charge in [0.05, 0.1) is 12.8 Å². The second-order valence-electron chi connectivity index (χ2n) is 5.80. The number of fused-ring (bicyclic) bond motifs is 1. The normalized spacial score (nSPS) is 20.8. The molecule has 2 rings (SSSR count). The van der Waals surface area contributed by atoms with Gasteiger partial charge >= 0.3 is 5.97 Å². The summed E-state index contributed by atoms with van der Waals surface area (Å²) in [5.41, 5.74) is 1.90. The molecular weight excluding hydrogens is 242 g/mol. The summed E-state index contributed by atoms with van der Waals surface area (Å²) in [4.78, 5) is 13.1. The molecule has 1 aliphatic heterocycles. The third-order valence-electron chi connectivity index (χ3n) is 3.88. The Morgan fingerprint density at radius 1 is 1.53 bits per heavy atom. The number of para-hydroxylation sites is 1. The zero-order valence-electron chi connectivity index (χ0n) is 11.9. The molecule has 0 radical (unpaired) electrons. The quantitative estimate of drug-likeness (QED) is 0.911. The molecule has 0 aliphatic carbocycles. The maximum absolute atomic E-state index is 11.2. The van der Waals surface area contributed by atoms with Crippen molar-refractivity contribution in [1.29, 1.82) is 0 Å². The van der Waals surface area contributed by atoms with E-state index in [1.54, 1.807) is 7.11 Å². The molecule has 1 aromatic carbocycles. The Morgan fingerprint density at radius 2 is 2.21 bits per heavy atom. The Balaban J connectivity index is 2.59. The number of ether oxygens (including phenoxy) is 1. The SMILES string of the molecule is COc1cccc2c1N(CC(=O)O)C(C)(C)C[C@H]2C. The number of nitrogens with zero attached hydrogens (tertiary/aromatic N) is 1. The smallest absolute Gasteiger partial charge is 0.323 e. The summed E-state index contributed by atoms with van der Waals surface area (Å²) in [5, 5.41) is 9.17. The van der Waals surface area contributed by atoms with Gasteiger partial charge in [-0.3, -0.25) is 4.79 Å². The predicted molar refractivity (Wildman–Crippen MR) is 75.1 cm³/mol. The van der Waals surface area contributed by atoms with Gasteiger partial charge in [0.25, 0.3) is 0 Å². The molecule has 1 heterocycles. The lowest BCUT2D eigenvalue weighted by Gasteiger charge is -2.47. The first-order valence-corrected chi connectivity index (χ1v) is 6.53. The maximum atomic E-state index is 11.2. The number of carboxylic acid groups (broad SMARTS) is 1. The van der Waals surface area contributed by atoms with Crippen LogP contribution in [0.5, 0.6) is 5.75 Å². The first-order chi connectivity index (χ1) is 8.86. The molecule has 0 bridgehead atoms. The number of hydrogen-bond donors (Lipinski definition) is 1. The number of benzene rings is 1. The van der Waals surface area contributed by atoms with Crippen LogP contribution in [0.3, 0.4) is 0 Å². The lowest BCUT2D eigenvalue weighted by atomic mass is 9.80. The van der Waals surface area contributed by atoms with Crippen LogP contribution in [0.15, 0.2) is 18.2 Å². The first kappa shape index (κ1) is 13.7. The van der Waals surface area contributed by atoms with Crippen molar-refractivity contribution < 1.29 is 14.6 Å². The summed E-state index contributed by atoms with van der Waals surface area (Å²) in [6.45, 7) is 6.34. The minimum Gasteiger partial charge on any atom is -0.495 e. The van der Waals surface area contributed by atoms with E-state index < -0.39 is 5.97 Å². The molecule has 104 valence electrons. The Kier molecular flexibility index (Phi) is 3.43. The van der Waals surface area contributed by atoms with Gasteiger partial charge in [0.1, 0.15) is 12.3 Å². The van der Waals surface area contributed by atoms with Gasteiger partial charge in [0, 0.05) is 5.54 Å². The van der Waals surface area contributed by atoms with Gasteiger partial charge in [-0.05, 0) is 37.8 Å². The van der Waals surface area contributed by atoms with Crippen molar-refractivity contribution in [3.05, 3.63) is 23.8 Å². The van der Waals surface area contributed by atoms with Crippen molar-refractivity contribution in [2.75, 3.05) is 18.6 Å². The van der Waals surface area contributed by atoms with Crippen molar-refractivity contribution in [3.8, 4) is 5.75 Å². The molecule has 4 heteroatoms. The minimum atomic E-state index is -0.820. The highest BCUT2D eigenvalue weighted by atomic mass is 16.5. The van der Waals surface area contributed by atoms with Crippen molar-refractivity contribution in [2.45, 2.75) is 38.6 Å². The predicted octanol–water partition coefficient (Wildman–Crippen LogP) is 2.87. The molecule has 0 saturated carbocycles. The molecule has 0 fully saturated rings. The molecule has 0 aromatic heterocycles. The van der Waals surface area contributed by atoms with E-state index in [-0.39, 0.29) is 12.1 Å². The minimum absolute atomic E-state index is 0.00685. The molecule has 19 heavy (non-hydrogen) atoms. The van der Waals surface area contributed by atoms with Gasteiger partial charge in [0.2, 0.25) is 0 Å². The van der Waals surface area contributed by atoms with Crippen LogP contribution in [0.2, 0.25) is 0 Å². The van der Waals surface area contributed by atoms with Crippen LogP contribution >= 0.6 is 0 Å². The van der Waals surface area contributed by atoms with Gasteiger partial charge in [-0.1, -0.05) is 19.1 Å². The molecule has 1 aliphatic rings. The molecule has 1 N–H and O–H groups in total. The summed E-state index contributed by atoms with van der Waals surface area (Å²) in [7, 11) is 1.63. The number of hydrogen-bond acceptors (Lipinski definition) is 3. The fourth-order valence-corrected chi connectivity index (χ4v) is 3.09. The van der Waals surface area contributed by atoms with Crippen LogP contribution in [0.1, 0.15) is 38.7 Å². The highest BCUT2D eigenvalue weighted by Crippen LogP contribution is 2.47. The van der Waals surface area contributed by atoms with Crippen LogP contribution in [-0.4, -0.2) is 30.3 Å². The first-order valence-electron chi connectivity index (χ1n) is 6.53. The average Bonchev–Trinajstić information content (AvgIpc) is 2.32. The zero-order chi connectivity index (χ0) is 14.2. The van der Waals surface area contributed by atoms with Gasteiger partial charge in [-0.2, -0.15) is 0 Å². The van der Waals surface area contributed by atoms with Crippen LogP contribution in [0, 0.1) is 0 Å². The molecule has 1 atom stereocenters. The van der Waals surface area contributed by atoms with Gasteiger partial charge in [-0.25, -0.2) is 0 Å². The van der Waals surface area contributed by atoms with Crippen LogP contribution in [0.25, 0.3) is 0 Å². The van der Waals surface area contributed by atoms with E-state index in [2.05, 4.69) is 26.8 Å². The monoisotopic (exact) mass is 263 g/mol. The van der Waals surface area contributed by atoms with Crippen molar-refractivity contribution in [2.24, 2.45) is 0 Å². The second-order valence-corrected chi connectivity index (χ2v) is 5.80. The Bertz CT molecular complexity index is 496. The standard InChI is InChI=1S/C15H21NO3/c1-10-8-15(2,3)16(9-13(17)18)14-11(10)6-5-7-12(14)19-4/h5-7,10H,8-9H2,1-4H3,(H,17,18)/t10-/m1/s1. The van der Waals surface area contributed by atoms with Gasteiger partial charge in [-0.15, -0.1) is 0 Å². The number of carboxylic acids is 1. The summed E-state index contributed by atoms with van der Waals surface area (Å²) < 4.78 is 5.43. The van der Waals surface area contributed by atoms with E-state index in [1.807, 2.05) is 17.0 Å². The number of anilines is 1. The van der Waals surface area contributed by atoms with E-state index in [1.165, 1.54) is 5.56 Å². The van der Waals surface area contributed by atoms with Crippen molar-refractivity contribution in [3.63, 3.8) is 0 Å². The summed E-state index contributed by atoms with van der Waals surface area (Å²) in [6, 6.07) is 5.92. The average molecular weight is 263 g/mol. The second kappa shape index (κ2) is 4.76. The largest absolute Gasteiger partial charge is 0.495 e. The molecular formula is C15H21NO3. The number of methoxy groups -OCH3 is 1. The lowest BCUT2D eigenvalue weighted by molar-refractivity contribution is -0.135. The summed E-state index contributed by atoms with van der Waals surface area (Å²) in [5.74, 6) is 0.322. The van der Waals surface area contributed by atoms with Gasteiger partial charge in [0.15, 0.2) is 0 Å². The van der Waals surface area contributed by atoms with E-state index in [0.717, 1.165) is 17.9 Å². The Labute approximate surface area is 114 Å². The Morgan fingerprint density at radius 3 is 2.79 bits per heavy atom. The summed E-state index contributed by atoms with van der Waals surface area (Å²) >= 11 is 0. The highest BCUT2D eigenvalue weighted by Gasteiger charge is 2.38. The fourth-order valence-electron chi connectivity index (χ4n) is 3.09. The third kappa shape index (κ3) is 2.39. The fraction of sp³-hybridized carbons (Fsp3) is 0.533. The maximum Gasteiger partial charge on any atom is 0.323 e. The van der Waals surface area contributed by atoms with Gasteiger partial charge < -0.3 is 14.7 Å². The number of aliphatic carboxylic acids is 1. The number of carbonyl (C=O) groups is 1. The van der Waals surface area contributed by atoms with E-state index >= 15 is 0 Å². The van der Waals surface area contributed by atoms with Crippen LogP contribution in [-0.2, 0) is 4.79 Å². The number of rotatable bonds is 3. The van der Waals surface area contributed by atoms with E-state index in [9.17, 15) is 9.90 Å². The molecule has 4 nitrogen and oxygen atoms in total. The molecule has 1 aromatic rings. The molecule has 0 saturated heterocycles. The molecule has 0 unspecified atom stereocenters. The topological polar surface area (TPSA) is 49.8 Å². The Hall–Kier alpha value is -1.71. The van der Waals surface area contributed by atoms with Crippen LogP contribution < -0.4 is 9.64 Å². The highest BCUT2D eigenvalue weighted by molar-refractivity contribution is 5.78. The molecule has 0 spiro atoms. The van der Waals surface area contributed by atoms with Crippen molar-refractivity contribution >= 4 is 11.7 Å². The van der Waals surface area contributed by atoms with E-state index in [4.69, 9.17) is 4.74 Å². The van der Waals surface area contributed by atoms with Crippen molar-refractivity contribution in [1.82, 2.24) is 0 Å². The summed E-state index contributed by atoms with van der Waals surface area (Å²) in [6.07, 6.45) is 0.931. The zero-order valence-corrected chi connectivity index (χ0v) is 11.9.